The Bertz CT molecular complexity index is 880. The lowest BCUT2D eigenvalue weighted by Crippen LogP contribution is -2.20. The van der Waals surface area contributed by atoms with Gasteiger partial charge in [-0.2, -0.15) is 0 Å². The molecule has 26 heavy (non-hydrogen) atoms. The first-order valence-electron chi connectivity index (χ1n) is 8.57. The van der Waals surface area contributed by atoms with Crippen molar-refractivity contribution in [3.63, 3.8) is 0 Å². The zero-order valence-corrected chi connectivity index (χ0v) is 15.3. The van der Waals surface area contributed by atoms with E-state index in [-0.39, 0.29) is 11.7 Å². The van der Waals surface area contributed by atoms with Gasteiger partial charge in [-0.25, -0.2) is 0 Å². The Labute approximate surface area is 156 Å². The lowest BCUT2D eigenvalue weighted by molar-refractivity contribution is -0.117. The standard InChI is InChI=1S/C20H19NO4S/c1-21-16-5-3-13(9-14(16)10-20(21)23)17(22)12-26-15-4-6-18-19(11-15)25-8-2-7-24-18/h3-6,9,11H,2,7-8,10,12H2,1H3. The molecule has 2 aliphatic rings. The number of carbonyl (C=O) groups excluding carboxylic acids is 2. The maximum Gasteiger partial charge on any atom is 0.231 e. The molecule has 0 spiro atoms. The van der Waals surface area contributed by atoms with Crippen LogP contribution in [-0.2, 0) is 11.2 Å². The molecule has 2 heterocycles. The molecular weight excluding hydrogens is 350 g/mol. The van der Waals surface area contributed by atoms with Gasteiger partial charge in [-0.05, 0) is 42.0 Å². The summed E-state index contributed by atoms with van der Waals surface area (Å²) in [5.41, 5.74) is 2.46. The number of ketones is 1. The van der Waals surface area contributed by atoms with Crippen LogP contribution in [0.25, 0.3) is 0 Å². The second-order valence-electron chi connectivity index (χ2n) is 6.34. The van der Waals surface area contributed by atoms with Crippen molar-refractivity contribution in [3.05, 3.63) is 47.5 Å². The topological polar surface area (TPSA) is 55.8 Å². The molecule has 0 fully saturated rings. The van der Waals surface area contributed by atoms with Gasteiger partial charge in [0.05, 0.1) is 25.4 Å². The molecule has 0 aromatic heterocycles. The summed E-state index contributed by atoms with van der Waals surface area (Å²) in [5.74, 6) is 1.94. The van der Waals surface area contributed by atoms with Gasteiger partial charge in [0.15, 0.2) is 17.3 Å². The molecule has 0 unspecified atom stereocenters. The first kappa shape index (κ1) is 17.0. The monoisotopic (exact) mass is 369 g/mol. The van der Waals surface area contributed by atoms with Crippen molar-refractivity contribution in [2.24, 2.45) is 0 Å². The minimum Gasteiger partial charge on any atom is -0.490 e. The lowest BCUT2D eigenvalue weighted by atomic mass is 10.1. The van der Waals surface area contributed by atoms with Crippen molar-refractivity contribution in [2.45, 2.75) is 17.7 Å². The van der Waals surface area contributed by atoms with Crippen molar-refractivity contribution < 1.29 is 19.1 Å². The quantitative estimate of drug-likeness (QED) is 0.611. The van der Waals surface area contributed by atoms with Crippen LogP contribution in [0.1, 0.15) is 22.3 Å². The molecule has 0 bridgehead atoms. The molecule has 0 N–H and O–H groups in total. The van der Waals surface area contributed by atoms with Gasteiger partial charge >= 0.3 is 0 Å². The third-order valence-corrected chi connectivity index (χ3v) is 5.56. The Balaban J connectivity index is 1.44. The molecule has 1 amide bonds. The smallest absolute Gasteiger partial charge is 0.231 e. The van der Waals surface area contributed by atoms with Crippen LogP contribution in [0.2, 0.25) is 0 Å². The molecule has 0 atom stereocenters. The number of Topliss-reactive ketones (excluding diaryl/α,β-unsaturated/α-hetero) is 1. The Morgan fingerprint density at radius 3 is 2.77 bits per heavy atom. The minimum atomic E-state index is 0.0481. The number of rotatable bonds is 4. The van der Waals surface area contributed by atoms with E-state index >= 15 is 0 Å². The van der Waals surface area contributed by atoms with E-state index in [0.29, 0.717) is 31.0 Å². The summed E-state index contributed by atoms with van der Waals surface area (Å²) in [4.78, 5) is 26.9. The number of benzene rings is 2. The van der Waals surface area contributed by atoms with Crippen molar-refractivity contribution in [3.8, 4) is 11.5 Å². The molecule has 2 aliphatic heterocycles. The average molecular weight is 369 g/mol. The first-order chi connectivity index (χ1) is 12.6. The van der Waals surface area contributed by atoms with E-state index in [0.717, 1.165) is 34.1 Å². The van der Waals surface area contributed by atoms with Crippen LogP contribution in [0.4, 0.5) is 5.69 Å². The van der Waals surface area contributed by atoms with Gasteiger partial charge in [-0.3, -0.25) is 9.59 Å². The predicted octanol–water partition coefficient (Wildman–Crippen LogP) is 3.34. The Morgan fingerprint density at radius 1 is 1.12 bits per heavy atom. The van der Waals surface area contributed by atoms with E-state index in [9.17, 15) is 9.59 Å². The van der Waals surface area contributed by atoms with E-state index in [2.05, 4.69) is 0 Å². The van der Waals surface area contributed by atoms with Gasteiger partial charge in [0, 0.05) is 29.6 Å². The summed E-state index contributed by atoms with van der Waals surface area (Å²) < 4.78 is 11.3. The third-order valence-electron chi connectivity index (χ3n) is 4.57. The number of hydrogen-bond acceptors (Lipinski definition) is 5. The molecule has 0 radical (unpaired) electrons. The molecule has 0 aliphatic carbocycles. The number of amides is 1. The Kier molecular flexibility index (Phi) is 4.59. The van der Waals surface area contributed by atoms with E-state index in [4.69, 9.17) is 9.47 Å². The zero-order chi connectivity index (χ0) is 18.1. The summed E-state index contributed by atoms with van der Waals surface area (Å²) in [6.45, 7) is 1.30. The van der Waals surface area contributed by atoms with Crippen LogP contribution >= 0.6 is 11.8 Å². The summed E-state index contributed by atoms with van der Waals surface area (Å²) in [6, 6.07) is 11.3. The van der Waals surface area contributed by atoms with Crippen LogP contribution in [0, 0.1) is 0 Å². The fraction of sp³-hybridized carbons (Fsp3) is 0.300. The zero-order valence-electron chi connectivity index (χ0n) is 14.5. The summed E-state index contributed by atoms with van der Waals surface area (Å²) in [5, 5.41) is 0. The third kappa shape index (κ3) is 3.29. The molecule has 5 nitrogen and oxygen atoms in total. The molecule has 2 aromatic carbocycles. The van der Waals surface area contributed by atoms with Crippen molar-refractivity contribution in [1.82, 2.24) is 0 Å². The molecule has 134 valence electrons. The highest BCUT2D eigenvalue weighted by Gasteiger charge is 2.24. The van der Waals surface area contributed by atoms with Crippen LogP contribution in [0.15, 0.2) is 41.3 Å². The number of nitrogens with zero attached hydrogens (tertiary/aromatic N) is 1. The van der Waals surface area contributed by atoms with Gasteiger partial charge in [-0.1, -0.05) is 0 Å². The van der Waals surface area contributed by atoms with Crippen LogP contribution in [-0.4, -0.2) is 37.7 Å². The molecule has 2 aromatic rings. The SMILES string of the molecule is CN1C(=O)Cc2cc(C(=O)CSc3ccc4c(c3)OCCCO4)ccc21. The summed E-state index contributed by atoms with van der Waals surface area (Å²) in [7, 11) is 1.76. The van der Waals surface area contributed by atoms with Gasteiger partial charge in [0.1, 0.15) is 0 Å². The van der Waals surface area contributed by atoms with E-state index in [1.165, 1.54) is 11.8 Å². The number of carbonyl (C=O) groups is 2. The Morgan fingerprint density at radius 2 is 1.92 bits per heavy atom. The molecular formula is C20H19NO4S. The molecule has 6 heteroatoms. The number of hydrogen-bond donors (Lipinski definition) is 0. The van der Waals surface area contributed by atoms with Crippen molar-refractivity contribution >= 4 is 29.1 Å². The van der Waals surface area contributed by atoms with Crippen LogP contribution in [0.3, 0.4) is 0 Å². The largest absolute Gasteiger partial charge is 0.490 e. The molecule has 0 saturated heterocycles. The maximum absolute atomic E-state index is 12.5. The van der Waals surface area contributed by atoms with Crippen molar-refractivity contribution in [2.75, 3.05) is 30.9 Å². The van der Waals surface area contributed by atoms with Gasteiger partial charge in [-0.15, -0.1) is 11.8 Å². The van der Waals surface area contributed by atoms with Crippen LogP contribution in [0.5, 0.6) is 11.5 Å². The maximum atomic E-state index is 12.5. The number of likely N-dealkylation sites (N-methyl/N-ethyl adjacent to an activating group) is 1. The number of thioether (sulfide) groups is 1. The highest BCUT2D eigenvalue weighted by Crippen LogP contribution is 2.34. The van der Waals surface area contributed by atoms with Gasteiger partial charge in [0.25, 0.3) is 0 Å². The fourth-order valence-corrected chi connectivity index (χ4v) is 3.93. The second-order valence-corrected chi connectivity index (χ2v) is 7.39. The van der Waals surface area contributed by atoms with E-state index in [1.54, 1.807) is 18.0 Å². The molecule has 0 saturated carbocycles. The van der Waals surface area contributed by atoms with E-state index < -0.39 is 0 Å². The van der Waals surface area contributed by atoms with Gasteiger partial charge in [0.2, 0.25) is 5.91 Å². The molecule has 4 rings (SSSR count). The fourth-order valence-electron chi connectivity index (χ4n) is 3.11. The summed E-state index contributed by atoms with van der Waals surface area (Å²) in [6.07, 6.45) is 1.23. The number of ether oxygens (including phenoxy) is 2. The normalized spacial score (nSPS) is 15.6. The highest BCUT2D eigenvalue weighted by atomic mass is 32.2. The first-order valence-corrected chi connectivity index (χ1v) is 9.55. The van der Waals surface area contributed by atoms with E-state index in [1.807, 2.05) is 30.3 Å². The van der Waals surface area contributed by atoms with Crippen LogP contribution < -0.4 is 14.4 Å². The highest BCUT2D eigenvalue weighted by molar-refractivity contribution is 8.00. The average Bonchev–Trinajstić information content (AvgIpc) is 2.82. The second kappa shape index (κ2) is 7.03. The Hall–Kier alpha value is -2.47. The predicted molar refractivity (Wildman–Crippen MR) is 101 cm³/mol. The number of fused-ring (bicyclic) bond motifs is 2. The lowest BCUT2D eigenvalue weighted by Gasteiger charge is -2.11. The minimum absolute atomic E-state index is 0.0481. The van der Waals surface area contributed by atoms with Gasteiger partial charge < -0.3 is 14.4 Å². The van der Waals surface area contributed by atoms with Crippen molar-refractivity contribution in [1.29, 1.82) is 0 Å². The summed E-state index contributed by atoms with van der Waals surface area (Å²) >= 11 is 1.47. The number of anilines is 1.